The summed E-state index contributed by atoms with van der Waals surface area (Å²) in [6.45, 7) is 2.53. The van der Waals surface area contributed by atoms with Gasteiger partial charge in [0.2, 0.25) is 0 Å². The maximum Gasteiger partial charge on any atom is 0.273 e. The van der Waals surface area contributed by atoms with Gasteiger partial charge in [-0.15, -0.1) is 0 Å². The average Bonchev–Trinajstić information content (AvgIpc) is 3.23. The van der Waals surface area contributed by atoms with Crippen LogP contribution in [0.5, 0.6) is 0 Å². The molecule has 24 heavy (non-hydrogen) atoms. The minimum Gasteiger partial charge on any atom is -0.327 e. The van der Waals surface area contributed by atoms with Crippen LogP contribution >= 0.6 is 11.6 Å². The number of para-hydroxylation sites is 1. The molecule has 0 aliphatic carbocycles. The first-order valence-electron chi connectivity index (χ1n) is 7.88. The molecule has 2 aromatic heterocycles. The Balaban J connectivity index is 1.68. The van der Waals surface area contributed by atoms with Gasteiger partial charge in [-0.1, -0.05) is 29.8 Å². The van der Waals surface area contributed by atoms with Crippen LogP contribution < -0.4 is 0 Å². The molecule has 1 aromatic carbocycles. The number of hydrogen-bond donors (Lipinski definition) is 1. The highest BCUT2D eigenvalue weighted by atomic mass is 35.5. The molecule has 0 saturated carbocycles. The monoisotopic (exact) mass is 341 g/mol. The highest BCUT2D eigenvalue weighted by Crippen LogP contribution is 2.31. The average molecular weight is 342 g/mol. The fourth-order valence-corrected chi connectivity index (χ4v) is 3.39. The maximum absolute atomic E-state index is 12.9. The van der Waals surface area contributed by atoms with Crippen molar-refractivity contribution in [2.24, 2.45) is 0 Å². The van der Waals surface area contributed by atoms with Crippen molar-refractivity contribution in [1.29, 1.82) is 0 Å². The van der Waals surface area contributed by atoms with Gasteiger partial charge in [0.25, 0.3) is 5.91 Å². The summed E-state index contributed by atoms with van der Waals surface area (Å²) >= 11 is 6.21. The molecular formula is C17H16ClN5O. The molecule has 3 heterocycles. The second-order valence-corrected chi connectivity index (χ2v) is 6.35. The smallest absolute Gasteiger partial charge is 0.273 e. The van der Waals surface area contributed by atoms with Crippen molar-refractivity contribution in [1.82, 2.24) is 25.1 Å². The highest BCUT2D eigenvalue weighted by Gasteiger charge is 2.33. The minimum absolute atomic E-state index is 0.105. The quantitative estimate of drug-likeness (QED) is 0.776. The molecule has 1 amide bonds. The van der Waals surface area contributed by atoms with Gasteiger partial charge in [-0.05, 0) is 31.9 Å². The van der Waals surface area contributed by atoms with Gasteiger partial charge in [0.1, 0.15) is 11.5 Å². The first-order chi connectivity index (χ1) is 11.6. The van der Waals surface area contributed by atoms with Crippen molar-refractivity contribution in [2.75, 3.05) is 6.54 Å². The summed E-state index contributed by atoms with van der Waals surface area (Å²) < 4.78 is 0. The molecule has 7 heteroatoms. The van der Waals surface area contributed by atoms with Gasteiger partial charge in [0, 0.05) is 11.9 Å². The van der Waals surface area contributed by atoms with Gasteiger partial charge in [0.05, 0.1) is 16.6 Å². The zero-order valence-corrected chi connectivity index (χ0v) is 13.9. The number of aromatic amines is 1. The molecule has 1 unspecified atom stereocenters. The van der Waals surface area contributed by atoms with Gasteiger partial charge in [0.15, 0.2) is 5.82 Å². The van der Waals surface area contributed by atoms with E-state index >= 15 is 0 Å². The van der Waals surface area contributed by atoms with Crippen LogP contribution in [-0.4, -0.2) is 37.5 Å². The molecule has 6 nitrogen and oxygen atoms in total. The molecule has 3 aromatic rings. The number of aromatic nitrogens is 4. The topological polar surface area (TPSA) is 74.8 Å². The van der Waals surface area contributed by atoms with E-state index in [1.807, 2.05) is 25.1 Å². The third-order valence-electron chi connectivity index (χ3n) is 4.32. The van der Waals surface area contributed by atoms with E-state index in [0.29, 0.717) is 28.6 Å². The number of rotatable bonds is 2. The van der Waals surface area contributed by atoms with Crippen LogP contribution in [0.1, 0.15) is 41.0 Å². The Morgan fingerprint density at radius 1 is 1.29 bits per heavy atom. The normalized spacial score (nSPS) is 17.6. The Morgan fingerprint density at radius 3 is 2.96 bits per heavy atom. The van der Waals surface area contributed by atoms with Gasteiger partial charge in [-0.2, -0.15) is 5.10 Å². The number of amides is 1. The molecule has 1 N–H and O–H groups in total. The zero-order valence-electron chi connectivity index (χ0n) is 13.2. The van der Waals surface area contributed by atoms with Crippen LogP contribution in [0.4, 0.5) is 0 Å². The van der Waals surface area contributed by atoms with E-state index in [-0.39, 0.29) is 11.9 Å². The van der Waals surface area contributed by atoms with Gasteiger partial charge >= 0.3 is 0 Å². The number of carbonyl (C=O) groups excluding carboxylic acids is 1. The second kappa shape index (κ2) is 5.87. The summed E-state index contributed by atoms with van der Waals surface area (Å²) in [5.74, 6) is 1.30. The molecule has 0 radical (unpaired) electrons. The number of nitrogens with one attached hydrogen (secondary N) is 1. The van der Waals surface area contributed by atoms with Crippen molar-refractivity contribution in [3.05, 3.63) is 52.7 Å². The van der Waals surface area contributed by atoms with Crippen molar-refractivity contribution in [3.63, 3.8) is 0 Å². The van der Waals surface area contributed by atoms with Crippen LogP contribution in [0.2, 0.25) is 5.02 Å². The van der Waals surface area contributed by atoms with E-state index in [2.05, 4.69) is 20.2 Å². The van der Waals surface area contributed by atoms with E-state index in [1.54, 1.807) is 17.0 Å². The van der Waals surface area contributed by atoms with Gasteiger partial charge < -0.3 is 4.90 Å². The van der Waals surface area contributed by atoms with Crippen LogP contribution in [0.25, 0.3) is 10.9 Å². The largest absolute Gasteiger partial charge is 0.327 e. The summed E-state index contributed by atoms with van der Waals surface area (Å²) in [5.41, 5.74) is 1.05. The molecule has 1 aliphatic heterocycles. The number of hydrogen-bond acceptors (Lipinski definition) is 4. The molecule has 1 aliphatic rings. The van der Waals surface area contributed by atoms with Crippen LogP contribution in [0.15, 0.2) is 30.3 Å². The van der Waals surface area contributed by atoms with E-state index < -0.39 is 0 Å². The van der Waals surface area contributed by atoms with Crippen molar-refractivity contribution in [2.45, 2.75) is 25.8 Å². The molecule has 1 atom stereocenters. The van der Waals surface area contributed by atoms with Crippen molar-refractivity contribution in [3.8, 4) is 0 Å². The molecule has 0 bridgehead atoms. The Morgan fingerprint density at radius 2 is 2.17 bits per heavy atom. The fraction of sp³-hybridized carbons (Fsp3) is 0.294. The Hall–Kier alpha value is -2.47. The number of halogens is 1. The lowest BCUT2D eigenvalue weighted by Gasteiger charge is -2.22. The second-order valence-electron chi connectivity index (χ2n) is 5.94. The van der Waals surface area contributed by atoms with Gasteiger partial charge in [-0.25, -0.2) is 9.97 Å². The number of benzene rings is 1. The van der Waals surface area contributed by atoms with Crippen LogP contribution in [0.3, 0.4) is 0 Å². The van der Waals surface area contributed by atoms with Gasteiger partial charge in [-0.3, -0.25) is 9.89 Å². The van der Waals surface area contributed by atoms with E-state index in [0.717, 1.165) is 24.1 Å². The van der Waals surface area contributed by atoms with E-state index in [4.69, 9.17) is 11.6 Å². The summed E-state index contributed by atoms with van der Waals surface area (Å²) in [7, 11) is 0. The van der Waals surface area contributed by atoms with Crippen LogP contribution in [-0.2, 0) is 0 Å². The van der Waals surface area contributed by atoms with E-state index in [9.17, 15) is 4.79 Å². The number of likely N-dealkylation sites (tertiary alicyclic amines) is 1. The third kappa shape index (κ3) is 2.53. The predicted molar refractivity (Wildman–Crippen MR) is 90.9 cm³/mol. The molecule has 0 spiro atoms. The number of H-pyrrole nitrogens is 1. The lowest BCUT2D eigenvalue weighted by Crippen LogP contribution is -2.31. The fourth-order valence-electron chi connectivity index (χ4n) is 3.16. The summed E-state index contributed by atoms with van der Waals surface area (Å²) in [6.07, 6.45) is 1.79. The third-order valence-corrected chi connectivity index (χ3v) is 4.62. The lowest BCUT2D eigenvalue weighted by molar-refractivity contribution is 0.0724. The summed E-state index contributed by atoms with van der Waals surface area (Å²) in [5, 5.41) is 8.53. The van der Waals surface area contributed by atoms with Crippen molar-refractivity contribution >= 4 is 28.4 Å². The molecular weight excluding hydrogens is 326 g/mol. The Bertz CT molecular complexity index is 922. The zero-order chi connectivity index (χ0) is 16.7. The Labute approximate surface area is 143 Å². The summed E-state index contributed by atoms with van der Waals surface area (Å²) in [6, 6.07) is 9.10. The molecule has 1 saturated heterocycles. The number of nitrogens with zero attached hydrogens (tertiary/aromatic N) is 4. The number of carbonyl (C=O) groups is 1. The first-order valence-corrected chi connectivity index (χ1v) is 8.26. The van der Waals surface area contributed by atoms with Crippen LogP contribution in [0, 0.1) is 6.92 Å². The predicted octanol–water partition coefficient (Wildman–Crippen LogP) is 3.29. The lowest BCUT2D eigenvalue weighted by atomic mass is 10.1. The standard InChI is InChI=1S/C17H16ClN5O/c1-10-19-16(22-21-10)14-6-3-9-23(14)17(24)13-8-7-11-4-2-5-12(18)15(11)20-13/h2,4-5,7-8,14H,3,6,9H2,1H3,(H,19,21,22). The highest BCUT2D eigenvalue weighted by molar-refractivity contribution is 6.35. The molecule has 1 fully saturated rings. The first kappa shape index (κ1) is 15.1. The SMILES string of the molecule is Cc1nc(C2CCCN2C(=O)c2ccc3cccc(Cl)c3n2)n[nH]1. The number of fused-ring (bicyclic) bond motifs is 1. The number of pyridine rings is 1. The molecule has 122 valence electrons. The van der Waals surface area contributed by atoms with E-state index in [1.165, 1.54) is 0 Å². The number of aryl methyl sites for hydroxylation is 1. The summed E-state index contributed by atoms with van der Waals surface area (Å²) in [4.78, 5) is 23.6. The van der Waals surface area contributed by atoms with Crippen molar-refractivity contribution < 1.29 is 4.79 Å². The minimum atomic E-state index is -0.109. The molecule has 4 rings (SSSR count). The Kier molecular flexibility index (Phi) is 3.69. The maximum atomic E-state index is 12.9.